The summed E-state index contributed by atoms with van der Waals surface area (Å²) in [5.74, 6) is 0.352. The van der Waals surface area contributed by atoms with Crippen molar-refractivity contribution in [2.45, 2.75) is 13.3 Å². The first-order chi connectivity index (χ1) is 12.1. The third-order valence-corrected chi connectivity index (χ3v) is 4.39. The van der Waals surface area contributed by atoms with E-state index in [1.165, 1.54) is 0 Å². The fourth-order valence-corrected chi connectivity index (χ4v) is 2.70. The summed E-state index contributed by atoms with van der Waals surface area (Å²) >= 11 is 12.2. The van der Waals surface area contributed by atoms with Gasteiger partial charge in [0, 0.05) is 13.2 Å². The standard InChI is InChI=1S/C19H21Cl2NO3/c1-2-24-12-13-25-17-9-4-3-7-15(17)19(23)22-11-10-14-6-5-8-16(20)18(14)21/h3-9H,2,10-13H2,1H3,(H,22,23). The minimum atomic E-state index is -0.190. The zero-order chi connectivity index (χ0) is 18.1. The zero-order valence-corrected chi connectivity index (χ0v) is 15.6. The van der Waals surface area contributed by atoms with Gasteiger partial charge in [0.1, 0.15) is 12.4 Å². The largest absolute Gasteiger partial charge is 0.490 e. The molecule has 0 fully saturated rings. The molecule has 0 aliphatic carbocycles. The smallest absolute Gasteiger partial charge is 0.255 e. The molecule has 0 saturated heterocycles. The number of carbonyl (C=O) groups excluding carboxylic acids is 1. The van der Waals surface area contributed by atoms with Gasteiger partial charge in [-0.15, -0.1) is 0 Å². The van der Waals surface area contributed by atoms with Crippen LogP contribution in [-0.4, -0.2) is 32.3 Å². The quantitative estimate of drug-likeness (QED) is 0.655. The van der Waals surface area contributed by atoms with Crippen LogP contribution < -0.4 is 10.1 Å². The molecule has 2 aromatic carbocycles. The number of rotatable bonds is 9. The van der Waals surface area contributed by atoms with Gasteiger partial charge in [-0.05, 0) is 37.1 Å². The molecule has 6 heteroatoms. The van der Waals surface area contributed by atoms with Crippen LogP contribution >= 0.6 is 23.2 Å². The molecule has 0 atom stereocenters. The van der Waals surface area contributed by atoms with E-state index in [-0.39, 0.29) is 5.91 Å². The Balaban J connectivity index is 1.91. The zero-order valence-electron chi connectivity index (χ0n) is 14.1. The summed E-state index contributed by atoms with van der Waals surface area (Å²) < 4.78 is 10.9. The average molecular weight is 382 g/mol. The third-order valence-electron chi connectivity index (χ3n) is 3.53. The van der Waals surface area contributed by atoms with E-state index in [4.69, 9.17) is 32.7 Å². The van der Waals surface area contributed by atoms with E-state index in [1.54, 1.807) is 24.3 Å². The Hall–Kier alpha value is -1.75. The molecular formula is C19H21Cl2NO3. The van der Waals surface area contributed by atoms with Crippen LogP contribution in [0, 0.1) is 0 Å². The molecule has 0 heterocycles. The Morgan fingerprint density at radius 2 is 1.88 bits per heavy atom. The first kappa shape index (κ1) is 19.6. The fourth-order valence-electron chi connectivity index (χ4n) is 2.28. The van der Waals surface area contributed by atoms with Crippen LogP contribution in [0.25, 0.3) is 0 Å². The monoisotopic (exact) mass is 381 g/mol. The maximum Gasteiger partial charge on any atom is 0.255 e. The number of halogens is 2. The maximum absolute atomic E-state index is 12.4. The molecule has 2 aromatic rings. The molecule has 0 unspecified atom stereocenters. The van der Waals surface area contributed by atoms with Gasteiger partial charge in [-0.25, -0.2) is 0 Å². The minimum absolute atomic E-state index is 0.190. The third kappa shape index (κ3) is 5.92. The second-order valence-electron chi connectivity index (χ2n) is 5.26. The molecule has 4 nitrogen and oxygen atoms in total. The maximum atomic E-state index is 12.4. The van der Waals surface area contributed by atoms with E-state index in [0.29, 0.717) is 54.1 Å². The molecule has 0 aliphatic heterocycles. The number of carbonyl (C=O) groups is 1. The number of amides is 1. The summed E-state index contributed by atoms with van der Waals surface area (Å²) in [7, 11) is 0. The Kier molecular flexibility index (Phi) is 8.06. The van der Waals surface area contributed by atoms with Crippen molar-refractivity contribution in [1.29, 1.82) is 0 Å². The molecule has 0 radical (unpaired) electrons. The van der Waals surface area contributed by atoms with E-state index in [2.05, 4.69) is 5.32 Å². The summed E-state index contributed by atoms with van der Waals surface area (Å²) in [5.41, 5.74) is 1.40. The molecule has 0 saturated carbocycles. The molecular weight excluding hydrogens is 361 g/mol. The fraction of sp³-hybridized carbons (Fsp3) is 0.316. The number of nitrogens with one attached hydrogen (secondary N) is 1. The van der Waals surface area contributed by atoms with Crippen molar-refractivity contribution < 1.29 is 14.3 Å². The van der Waals surface area contributed by atoms with Crippen LogP contribution in [0.1, 0.15) is 22.8 Å². The molecule has 0 bridgehead atoms. The lowest BCUT2D eigenvalue weighted by Gasteiger charge is -2.12. The highest BCUT2D eigenvalue weighted by Crippen LogP contribution is 2.25. The Morgan fingerprint density at radius 1 is 1.08 bits per heavy atom. The number of ether oxygens (including phenoxy) is 2. The topological polar surface area (TPSA) is 47.6 Å². The van der Waals surface area contributed by atoms with E-state index >= 15 is 0 Å². The van der Waals surface area contributed by atoms with Crippen LogP contribution in [0.3, 0.4) is 0 Å². The number of hydrogen-bond acceptors (Lipinski definition) is 3. The van der Waals surface area contributed by atoms with Gasteiger partial charge in [0.05, 0.1) is 22.2 Å². The molecule has 134 valence electrons. The summed E-state index contributed by atoms with van der Waals surface area (Å²) in [6.45, 7) is 3.90. The van der Waals surface area contributed by atoms with Crippen molar-refractivity contribution in [3.8, 4) is 5.75 Å². The van der Waals surface area contributed by atoms with Crippen molar-refractivity contribution >= 4 is 29.1 Å². The predicted molar refractivity (Wildman–Crippen MR) is 101 cm³/mol. The molecule has 0 aromatic heterocycles. The van der Waals surface area contributed by atoms with Gasteiger partial charge in [0.2, 0.25) is 0 Å². The number of hydrogen-bond donors (Lipinski definition) is 1. The van der Waals surface area contributed by atoms with Gasteiger partial charge in [-0.2, -0.15) is 0 Å². The van der Waals surface area contributed by atoms with Crippen molar-refractivity contribution in [3.05, 3.63) is 63.6 Å². The molecule has 1 amide bonds. The van der Waals surface area contributed by atoms with Gasteiger partial charge < -0.3 is 14.8 Å². The Labute approximate surface area is 158 Å². The molecule has 0 aliphatic rings. The summed E-state index contributed by atoms with van der Waals surface area (Å²) in [6.07, 6.45) is 0.596. The van der Waals surface area contributed by atoms with Crippen LogP contribution in [0.4, 0.5) is 0 Å². The Morgan fingerprint density at radius 3 is 2.68 bits per heavy atom. The predicted octanol–water partition coefficient (Wildman–Crippen LogP) is 4.38. The number of benzene rings is 2. The van der Waals surface area contributed by atoms with Crippen LogP contribution in [0.5, 0.6) is 5.75 Å². The highest BCUT2D eigenvalue weighted by Gasteiger charge is 2.12. The van der Waals surface area contributed by atoms with E-state index in [9.17, 15) is 4.79 Å². The summed E-state index contributed by atoms with van der Waals surface area (Å²) in [6, 6.07) is 12.6. The molecule has 2 rings (SSSR count). The average Bonchev–Trinajstić information content (AvgIpc) is 2.62. The first-order valence-electron chi connectivity index (χ1n) is 8.14. The van der Waals surface area contributed by atoms with Gasteiger partial charge in [0.25, 0.3) is 5.91 Å². The lowest BCUT2D eigenvalue weighted by molar-refractivity contribution is 0.0937. The van der Waals surface area contributed by atoms with Crippen molar-refractivity contribution in [3.63, 3.8) is 0 Å². The molecule has 25 heavy (non-hydrogen) atoms. The van der Waals surface area contributed by atoms with Crippen molar-refractivity contribution in [2.24, 2.45) is 0 Å². The normalized spacial score (nSPS) is 10.5. The highest BCUT2D eigenvalue weighted by atomic mass is 35.5. The van der Waals surface area contributed by atoms with Gasteiger partial charge in [-0.3, -0.25) is 4.79 Å². The van der Waals surface area contributed by atoms with E-state index < -0.39 is 0 Å². The molecule has 1 N–H and O–H groups in total. The van der Waals surface area contributed by atoms with Crippen LogP contribution in [0.2, 0.25) is 10.0 Å². The second-order valence-corrected chi connectivity index (χ2v) is 6.05. The summed E-state index contributed by atoms with van der Waals surface area (Å²) in [5, 5.41) is 3.92. The number of para-hydroxylation sites is 1. The molecule has 0 spiro atoms. The van der Waals surface area contributed by atoms with Crippen LogP contribution in [-0.2, 0) is 11.2 Å². The van der Waals surface area contributed by atoms with E-state index in [0.717, 1.165) is 5.56 Å². The van der Waals surface area contributed by atoms with E-state index in [1.807, 2.05) is 25.1 Å². The minimum Gasteiger partial charge on any atom is -0.490 e. The van der Waals surface area contributed by atoms with Gasteiger partial charge >= 0.3 is 0 Å². The van der Waals surface area contributed by atoms with Crippen LogP contribution in [0.15, 0.2) is 42.5 Å². The SMILES string of the molecule is CCOCCOc1ccccc1C(=O)NCCc1cccc(Cl)c1Cl. The first-order valence-corrected chi connectivity index (χ1v) is 8.89. The highest BCUT2D eigenvalue weighted by molar-refractivity contribution is 6.42. The van der Waals surface area contributed by atoms with Crippen molar-refractivity contribution in [1.82, 2.24) is 5.32 Å². The van der Waals surface area contributed by atoms with Crippen molar-refractivity contribution in [2.75, 3.05) is 26.4 Å². The lowest BCUT2D eigenvalue weighted by atomic mass is 10.1. The van der Waals surface area contributed by atoms with Gasteiger partial charge in [-0.1, -0.05) is 47.5 Å². The summed E-state index contributed by atoms with van der Waals surface area (Å²) in [4.78, 5) is 12.4. The van der Waals surface area contributed by atoms with Gasteiger partial charge in [0.15, 0.2) is 0 Å². The second kappa shape index (κ2) is 10.3. The Bertz CT molecular complexity index is 707. The lowest BCUT2D eigenvalue weighted by Crippen LogP contribution is -2.26.